The summed E-state index contributed by atoms with van der Waals surface area (Å²) < 4.78 is 52.9. The Morgan fingerprint density at radius 1 is 1.00 bits per heavy atom. The van der Waals surface area contributed by atoms with Crippen molar-refractivity contribution in [2.45, 2.75) is 43.5 Å². The van der Waals surface area contributed by atoms with Gasteiger partial charge in [0.15, 0.2) is 0 Å². The van der Waals surface area contributed by atoms with Crippen molar-refractivity contribution in [1.82, 2.24) is 4.31 Å². The van der Waals surface area contributed by atoms with Crippen molar-refractivity contribution in [2.75, 3.05) is 29.0 Å². The van der Waals surface area contributed by atoms with E-state index < -0.39 is 20.0 Å². The van der Waals surface area contributed by atoms with Crippen LogP contribution in [-0.4, -0.2) is 52.4 Å². The maximum absolute atomic E-state index is 12.9. The third-order valence-corrected chi connectivity index (χ3v) is 9.06. The summed E-state index contributed by atoms with van der Waals surface area (Å²) in [6.45, 7) is 2.85. The number of fused-ring (bicyclic) bond motifs is 1. The standard InChI is InChI=1S/C22H27N3O5S2/c1-16-13-18-14-17(9-10-21(18)25(16)31(2,27)28)22(26)23-19-7-6-8-20(15-19)32(29,30)24-11-4-3-5-12-24/h6-10,14-16H,3-5,11-13H2,1-2H3,(H,23,26). The molecule has 1 saturated heterocycles. The zero-order valence-electron chi connectivity index (χ0n) is 18.1. The number of hydrogen-bond donors (Lipinski definition) is 1. The van der Waals surface area contributed by atoms with Gasteiger partial charge in [0.25, 0.3) is 5.91 Å². The van der Waals surface area contributed by atoms with Crippen LogP contribution in [0.4, 0.5) is 11.4 Å². The van der Waals surface area contributed by atoms with Gasteiger partial charge in [-0.05, 0) is 68.1 Å². The number of hydrogen-bond acceptors (Lipinski definition) is 5. The average molecular weight is 478 g/mol. The monoisotopic (exact) mass is 477 g/mol. The highest BCUT2D eigenvalue weighted by Gasteiger charge is 2.33. The molecule has 4 rings (SSSR count). The normalized spacial score (nSPS) is 19.6. The minimum Gasteiger partial charge on any atom is -0.322 e. The van der Waals surface area contributed by atoms with Crippen LogP contribution in [0.3, 0.4) is 0 Å². The molecular weight excluding hydrogens is 450 g/mol. The molecule has 0 saturated carbocycles. The fourth-order valence-electron chi connectivity index (χ4n) is 4.44. The van der Waals surface area contributed by atoms with Crippen LogP contribution in [0.2, 0.25) is 0 Å². The molecule has 10 heteroatoms. The van der Waals surface area contributed by atoms with Crippen molar-refractivity contribution in [3.05, 3.63) is 53.6 Å². The lowest BCUT2D eigenvalue weighted by Crippen LogP contribution is -2.35. The van der Waals surface area contributed by atoms with Crippen LogP contribution in [0.15, 0.2) is 47.4 Å². The minimum atomic E-state index is -3.60. The molecular formula is C22H27N3O5S2. The Morgan fingerprint density at radius 2 is 1.72 bits per heavy atom. The number of sulfonamides is 2. The smallest absolute Gasteiger partial charge is 0.255 e. The van der Waals surface area contributed by atoms with Crippen LogP contribution in [-0.2, 0) is 26.5 Å². The third kappa shape index (κ3) is 4.39. The molecule has 0 radical (unpaired) electrons. The molecule has 0 spiro atoms. The van der Waals surface area contributed by atoms with E-state index in [0.29, 0.717) is 36.4 Å². The van der Waals surface area contributed by atoms with E-state index >= 15 is 0 Å². The Kier molecular flexibility index (Phi) is 6.04. The quantitative estimate of drug-likeness (QED) is 0.713. The van der Waals surface area contributed by atoms with Gasteiger partial charge < -0.3 is 5.32 Å². The molecule has 2 aromatic rings. The highest BCUT2D eigenvalue weighted by atomic mass is 32.2. The third-order valence-electron chi connectivity index (χ3n) is 5.90. The summed E-state index contributed by atoms with van der Waals surface area (Å²) in [5.41, 5.74) is 2.15. The molecule has 1 N–H and O–H groups in total. The van der Waals surface area contributed by atoms with Gasteiger partial charge in [-0.25, -0.2) is 16.8 Å². The van der Waals surface area contributed by atoms with Gasteiger partial charge in [-0.1, -0.05) is 12.5 Å². The molecule has 0 bridgehead atoms. The first-order valence-electron chi connectivity index (χ1n) is 10.6. The maximum atomic E-state index is 12.9. The van der Waals surface area contributed by atoms with Crippen LogP contribution in [0.25, 0.3) is 0 Å². The van der Waals surface area contributed by atoms with Crippen LogP contribution >= 0.6 is 0 Å². The van der Waals surface area contributed by atoms with Crippen molar-refractivity contribution in [3.8, 4) is 0 Å². The summed E-state index contributed by atoms with van der Waals surface area (Å²) in [5.74, 6) is -0.384. The van der Waals surface area contributed by atoms with Gasteiger partial charge >= 0.3 is 0 Å². The van der Waals surface area contributed by atoms with Crippen molar-refractivity contribution >= 4 is 37.3 Å². The predicted octanol–water partition coefficient (Wildman–Crippen LogP) is 2.82. The maximum Gasteiger partial charge on any atom is 0.255 e. The van der Waals surface area contributed by atoms with Crippen LogP contribution in [0.1, 0.15) is 42.1 Å². The molecule has 32 heavy (non-hydrogen) atoms. The van der Waals surface area contributed by atoms with E-state index in [1.54, 1.807) is 30.3 Å². The second-order valence-corrected chi connectivity index (χ2v) is 12.2. The van der Waals surface area contributed by atoms with E-state index in [1.807, 2.05) is 6.92 Å². The molecule has 1 amide bonds. The van der Waals surface area contributed by atoms with E-state index in [0.717, 1.165) is 24.8 Å². The number of nitrogens with zero attached hydrogens (tertiary/aromatic N) is 2. The first kappa shape index (κ1) is 22.8. The number of rotatable bonds is 5. The zero-order chi connectivity index (χ0) is 23.1. The highest BCUT2D eigenvalue weighted by Crippen LogP contribution is 2.35. The van der Waals surface area contributed by atoms with Crippen molar-refractivity contribution in [2.24, 2.45) is 0 Å². The molecule has 0 aromatic heterocycles. The summed E-state index contributed by atoms with van der Waals surface area (Å²) in [5, 5.41) is 2.76. The summed E-state index contributed by atoms with van der Waals surface area (Å²) in [6, 6.07) is 11.0. The molecule has 172 valence electrons. The largest absolute Gasteiger partial charge is 0.322 e. The van der Waals surface area contributed by atoms with Gasteiger partial charge in [0, 0.05) is 30.4 Å². The van der Waals surface area contributed by atoms with Crippen LogP contribution < -0.4 is 9.62 Å². The number of nitrogens with one attached hydrogen (secondary N) is 1. The fraction of sp³-hybridized carbons (Fsp3) is 0.409. The molecule has 8 nitrogen and oxygen atoms in total. The first-order chi connectivity index (χ1) is 15.1. The van der Waals surface area contributed by atoms with Gasteiger partial charge in [0.1, 0.15) is 0 Å². The Balaban J connectivity index is 1.54. The SMILES string of the molecule is CC1Cc2cc(C(=O)Nc3cccc(S(=O)(=O)N4CCCCC4)c3)ccc2N1S(C)(=O)=O. The predicted molar refractivity (Wildman–Crippen MR) is 124 cm³/mol. The van der Waals surface area contributed by atoms with Crippen molar-refractivity contribution in [3.63, 3.8) is 0 Å². The minimum absolute atomic E-state index is 0.156. The Labute approximate surface area is 189 Å². The Morgan fingerprint density at radius 3 is 2.41 bits per heavy atom. The zero-order valence-corrected chi connectivity index (χ0v) is 19.7. The summed E-state index contributed by atoms with van der Waals surface area (Å²) in [6.07, 6.45) is 4.42. The van der Waals surface area contributed by atoms with E-state index in [2.05, 4.69) is 5.32 Å². The summed E-state index contributed by atoms with van der Waals surface area (Å²) in [4.78, 5) is 13.0. The van der Waals surface area contributed by atoms with Crippen molar-refractivity contribution < 1.29 is 21.6 Å². The van der Waals surface area contributed by atoms with E-state index in [4.69, 9.17) is 0 Å². The lowest BCUT2D eigenvalue weighted by molar-refractivity contribution is 0.102. The molecule has 1 fully saturated rings. The second-order valence-electron chi connectivity index (χ2n) is 8.40. The summed E-state index contributed by atoms with van der Waals surface area (Å²) in [7, 11) is -7.00. The number of carbonyl (C=O) groups is 1. The molecule has 1 unspecified atom stereocenters. The van der Waals surface area contributed by atoms with Gasteiger partial charge in [-0.3, -0.25) is 9.10 Å². The topological polar surface area (TPSA) is 104 Å². The number of carbonyl (C=O) groups excluding carboxylic acids is 1. The summed E-state index contributed by atoms with van der Waals surface area (Å²) >= 11 is 0. The molecule has 0 aliphatic carbocycles. The Bertz CT molecular complexity index is 1250. The van der Waals surface area contributed by atoms with Gasteiger partial charge in [0.05, 0.1) is 16.8 Å². The number of amides is 1. The number of piperidine rings is 1. The second kappa shape index (κ2) is 8.49. The van der Waals surface area contributed by atoms with E-state index in [9.17, 15) is 21.6 Å². The Hall–Kier alpha value is -2.43. The average Bonchev–Trinajstić information content (AvgIpc) is 3.09. The van der Waals surface area contributed by atoms with E-state index in [1.165, 1.54) is 27.0 Å². The van der Waals surface area contributed by atoms with Crippen LogP contribution in [0, 0.1) is 0 Å². The molecule has 1 atom stereocenters. The van der Waals surface area contributed by atoms with Gasteiger partial charge in [0.2, 0.25) is 20.0 Å². The van der Waals surface area contributed by atoms with E-state index in [-0.39, 0.29) is 16.8 Å². The molecule has 2 aromatic carbocycles. The molecule has 2 aliphatic rings. The fourth-order valence-corrected chi connectivity index (χ4v) is 7.27. The lowest BCUT2D eigenvalue weighted by atomic mass is 10.1. The van der Waals surface area contributed by atoms with Crippen molar-refractivity contribution in [1.29, 1.82) is 0 Å². The molecule has 2 aliphatic heterocycles. The van der Waals surface area contributed by atoms with Gasteiger partial charge in [-0.15, -0.1) is 0 Å². The first-order valence-corrected chi connectivity index (χ1v) is 13.9. The lowest BCUT2D eigenvalue weighted by Gasteiger charge is -2.26. The van der Waals surface area contributed by atoms with Gasteiger partial charge in [-0.2, -0.15) is 4.31 Å². The van der Waals surface area contributed by atoms with Crippen LogP contribution in [0.5, 0.6) is 0 Å². The highest BCUT2D eigenvalue weighted by molar-refractivity contribution is 7.92. The molecule has 2 heterocycles. The number of anilines is 2. The number of benzene rings is 2.